The van der Waals surface area contributed by atoms with Crippen LogP contribution in [0.5, 0.6) is 0 Å². The lowest BCUT2D eigenvalue weighted by Crippen LogP contribution is -1.51. The van der Waals surface area contributed by atoms with Crippen molar-refractivity contribution in [2.24, 2.45) is 0 Å². The third-order valence-corrected chi connectivity index (χ3v) is 0.500. The lowest BCUT2D eigenvalue weighted by molar-refractivity contribution is 3.87. The Hall–Kier alpha value is 0.180. The predicted molar refractivity (Wildman–Crippen MR) is 27.3 cm³/mol. The molecule has 0 N–H and O–H groups in total. The van der Waals surface area contributed by atoms with E-state index < -0.39 is 0 Å². The molecule has 0 heterocycles. The Bertz CT molecular complexity index is 25.0. The summed E-state index contributed by atoms with van der Waals surface area (Å²) in [6.45, 7) is 0. The number of rotatable bonds is 1. The lowest BCUT2D eigenvalue weighted by Gasteiger charge is -1.38. The highest BCUT2D eigenvalue weighted by Gasteiger charge is 1.36. The fraction of sp³-hybridized carbons (Fsp3) is 0. The summed E-state index contributed by atoms with van der Waals surface area (Å²) in [4.78, 5) is 0. The van der Waals surface area contributed by atoms with Gasteiger partial charge in [0.2, 0.25) is 0 Å². The summed E-state index contributed by atoms with van der Waals surface area (Å²) < 4.78 is 0. The third-order valence-electron chi connectivity index (χ3n) is 0.0556. The summed E-state index contributed by atoms with van der Waals surface area (Å²) in [6.07, 6.45) is 0. The van der Waals surface area contributed by atoms with Crippen molar-refractivity contribution in [3.05, 3.63) is 0 Å². The highest BCUT2D eigenvalue weighted by Crippen LogP contribution is 1.39. The minimum atomic E-state index is 1.40. The Labute approximate surface area is 35.8 Å². The SMILES string of the molecule is S=CC=S. The zero-order valence-electron chi connectivity index (χ0n) is 1.97. The molecule has 0 aliphatic carbocycles. The van der Waals surface area contributed by atoms with Gasteiger partial charge in [-0.2, -0.15) is 0 Å². The molecule has 0 fully saturated rings. The first-order valence-corrected chi connectivity index (χ1v) is 1.75. The predicted octanol–water partition coefficient (Wildman–Crippen LogP) is 0.986. The maximum absolute atomic E-state index is 4.27. The van der Waals surface area contributed by atoms with Gasteiger partial charge in [0.05, 0.1) is 0 Å². The number of thiocarbonyl (C=S) groups is 2. The van der Waals surface area contributed by atoms with Gasteiger partial charge in [0.15, 0.2) is 0 Å². The average Bonchev–Trinajstić information content (AvgIpc) is 1.37. The van der Waals surface area contributed by atoms with Gasteiger partial charge in [0.1, 0.15) is 0 Å². The van der Waals surface area contributed by atoms with Crippen molar-refractivity contribution in [1.29, 1.82) is 0 Å². The van der Waals surface area contributed by atoms with Gasteiger partial charge in [-0.15, -0.1) is 0 Å². The smallest absolute Gasteiger partial charge is 0.0121 e. The van der Waals surface area contributed by atoms with E-state index in [1.807, 2.05) is 0 Å². The van der Waals surface area contributed by atoms with Crippen LogP contribution in [0.25, 0.3) is 0 Å². The van der Waals surface area contributed by atoms with E-state index in [9.17, 15) is 0 Å². The average molecular weight is 90.2 g/mol. The van der Waals surface area contributed by atoms with E-state index in [4.69, 9.17) is 0 Å². The fourth-order valence-electron chi connectivity index (χ4n) is 0. The molecule has 0 radical (unpaired) electrons. The Kier molecular flexibility index (Phi) is 3.32. The van der Waals surface area contributed by atoms with Crippen LogP contribution in [-0.2, 0) is 0 Å². The van der Waals surface area contributed by atoms with E-state index in [0.29, 0.717) is 0 Å². The molecule has 0 spiro atoms. The maximum Gasteiger partial charge on any atom is 0.0121 e. The van der Waals surface area contributed by atoms with E-state index in [2.05, 4.69) is 24.4 Å². The molecule has 0 aromatic rings. The van der Waals surface area contributed by atoms with Gasteiger partial charge < -0.3 is 0 Å². The van der Waals surface area contributed by atoms with Crippen molar-refractivity contribution in [3.8, 4) is 0 Å². The lowest BCUT2D eigenvalue weighted by atomic mass is 11.0. The van der Waals surface area contributed by atoms with Crippen molar-refractivity contribution >= 4 is 35.2 Å². The molecule has 4 heavy (non-hydrogen) atoms. The molecule has 0 aromatic heterocycles. The van der Waals surface area contributed by atoms with Gasteiger partial charge in [-0.1, -0.05) is 24.4 Å². The molecule has 22 valence electrons. The second-order valence-corrected chi connectivity index (χ2v) is 0.816. The maximum atomic E-state index is 4.27. The van der Waals surface area contributed by atoms with Gasteiger partial charge in [-0.05, 0) is 0 Å². The molecule has 0 saturated carbocycles. The van der Waals surface area contributed by atoms with Crippen LogP contribution in [0.4, 0.5) is 0 Å². The van der Waals surface area contributed by atoms with Crippen molar-refractivity contribution < 1.29 is 0 Å². The topological polar surface area (TPSA) is 0 Å². The Balaban J connectivity index is 2.73. The minimum absolute atomic E-state index is 1.40. The van der Waals surface area contributed by atoms with Gasteiger partial charge in [0.25, 0.3) is 0 Å². The molecule has 0 aliphatic heterocycles. The molecule has 0 aromatic carbocycles. The van der Waals surface area contributed by atoms with Crippen LogP contribution >= 0.6 is 24.4 Å². The van der Waals surface area contributed by atoms with Crippen LogP contribution < -0.4 is 0 Å². The summed E-state index contributed by atoms with van der Waals surface area (Å²) in [5, 5.41) is 2.80. The van der Waals surface area contributed by atoms with Gasteiger partial charge in [-0.3, -0.25) is 0 Å². The first kappa shape index (κ1) is 4.18. The molecule has 0 rings (SSSR count). The molecule has 0 saturated heterocycles. The van der Waals surface area contributed by atoms with Crippen LogP contribution in [0.3, 0.4) is 0 Å². The molecule has 0 atom stereocenters. The highest BCUT2D eigenvalue weighted by atomic mass is 32.1. The third kappa shape index (κ3) is 2.18. The van der Waals surface area contributed by atoms with E-state index in [-0.39, 0.29) is 0 Å². The second-order valence-electron chi connectivity index (χ2n) is 0.272. The Morgan fingerprint density at radius 2 is 1.25 bits per heavy atom. The fourth-order valence-corrected chi connectivity index (χ4v) is 0. The van der Waals surface area contributed by atoms with Crippen LogP contribution in [0.15, 0.2) is 0 Å². The quantitative estimate of drug-likeness (QED) is 0.440. The standard InChI is InChI=1S/C2H2S2/c3-1-2-4/h1-2H. The van der Waals surface area contributed by atoms with Crippen molar-refractivity contribution in [2.75, 3.05) is 0 Å². The van der Waals surface area contributed by atoms with Crippen LogP contribution in [0.1, 0.15) is 0 Å². The van der Waals surface area contributed by atoms with Crippen LogP contribution in [0.2, 0.25) is 0 Å². The van der Waals surface area contributed by atoms with Crippen LogP contribution in [0, 0.1) is 0 Å². The monoisotopic (exact) mass is 90.0 g/mol. The van der Waals surface area contributed by atoms with Crippen LogP contribution in [-0.4, -0.2) is 10.7 Å². The van der Waals surface area contributed by atoms with E-state index in [1.165, 1.54) is 10.7 Å². The summed E-state index contributed by atoms with van der Waals surface area (Å²) in [5.74, 6) is 0. The van der Waals surface area contributed by atoms with Gasteiger partial charge in [0, 0.05) is 10.7 Å². The Morgan fingerprint density at radius 3 is 1.25 bits per heavy atom. The highest BCUT2D eigenvalue weighted by molar-refractivity contribution is 7.86. The summed E-state index contributed by atoms with van der Waals surface area (Å²) in [7, 11) is 0. The van der Waals surface area contributed by atoms with E-state index in [1.54, 1.807) is 0 Å². The van der Waals surface area contributed by atoms with Gasteiger partial charge >= 0.3 is 0 Å². The van der Waals surface area contributed by atoms with E-state index >= 15 is 0 Å². The largest absolute Gasteiger partial charge is 0.0878 e. The molecule has 0 amide bonds. The molecule has 0 aliphatic rings. The number of hydrogen-bond donors (Lipinski definition) is 0. The zero-order valence-corrected chi connectivity index (χ0v) is 3.60. The Morgan fingerprint density at radius 1 is 1.00 bits per heavy atom. The van der Waals surface area contributed by atoms with Crippen molar-refractivity contribution in [2.45, 2.75) is 0 Å². The normalized spacial score (nSPS) is 5.00. The second kappa shape index (κ2) is 3.18. The summed E-state index contributed by atoms with van der Waals surface area (Å²) in [6, 6.07) is 0. The number of hydrogen-bond acceptors (Lipinski definition) is 2. The molecular formula is C2H2S2. The minimum Gasteiger partial charge on any atom is -0.0878 e. The molecule has 0 bridgehead atoms. The first-order chi connectivity index (χ1) is 1.91. The van der Waals surface area contributed by atoms with Crippen molar-refractivity contribution in [1.82, 2.24) is 0 Å². The molecule has 0 nitrogen and oxygen atoms in total. The first-order valence-electron chi connectivity index (χ1n) is 0.805. The van der Waals surface area contributed by atoms with Gasteiger partial charge in [-0.25, -0.2) is 0 Å². The van der Waals surface area contributed by atoms with E-state index in [0.717, 1.165) is 0 Å². The zero-order chi connectivity index (χ0) is 3.41. The molecule has 2 heteroatoms. The summed E-state index contributed by atoms with van der Waals surface area (Å²) in [5.41, 5.74) is 0. The molecular weight excluding hydrogens is 88.2 g/mol. The summed E-state index contributed by atoms with van der Waals surface area (Å²) >= 11 is 8.54. The van der Waals surface area contributed by atoms with Crippen molar-refractivity contribution in [3.63, 3.8) is 0 Å². The molecule has 0 unspecified atom stereocenters.